The van der Waals surface area contributed by atoms with Crippen LogP contribution in [0.4, 0.5) is 5.69 Å². The zero-order valence-electron chi connectivity index (χ0n) is 13.1. The van der Waals surface area contributed by atoms with Crippen molar-refractivity contribution in [3.05, 3.63) is 30.0 Å². The van der Waals surface area contributed by atoms with Gasteiger partial charge in [-0.05, 0) is 18.2 Å². The first kappa shape index (κ1) is 16.3. The fourth-order valence-corrected chi connectivity index (χ4v) is 3.08. The smallest absolute Gasteiger partial charge is 0.128 e. The molecule has 0 spiro atoms. The van der Waals surface area contributed by atoms with Gasteiger partial charge >= 0.3 is 0 Å². The third-order valence-electron chi connectivity index (χ3n) is 4.06. The molecule has 7 heteroatoms. The van der Waals surface area contributed by atoms with E-state index in [0.29, 0.717) is 18.4 Å². The molecule has 1 fully saturated rings. The lowest BCUT2D eigenvalue weighted by molar-refractivity contribution is -0.0333. The summed E-state index contributed by atoms with van der Waals surface area (Å²) in [6.45, 7) is 3.47. The largest absolute Gasteiger partial charge is 0.492 e. The van der Waals surface area contributed by atoms with Crippen LogP contribution in [0.1, 0.15) is 5.56 Å². The van der Waals surface area contributed by atoms with Gasteiger partial charge in [-0.3, -0.25) is 10.00 Å². The number of ether oxygens (including phenoxy) is 2. The molecule has 6 nitrogen and oxygen atoms in total. The number of benzene rings is 1. The molecular weight excluding hydrogens is 360 g/mol. The summed E-state index contributed by atoms with van der Waals surface area (Å²) in [6, 6.07) is 5.69. The predicted octanol–water partition coefficient (Wildman–Crippen LogP) is 2.26. The van der Waals surface area contributed by atoms with E-state index in [0.717, 1.165) is 47.5 Å². The molecule has 0 bridgehead atoms. The molecule has 1 saturated heterocycles. The summed E-state index contributed by atoms with van der Waals surface area (Å²) in [5, 5.41) is 7.87. The van der Waals surface area contributed by atoms with Crippen molar-refractivity contribution < 1.29 is 9.47 Å². The van der Waals surface area contributed by atoms with Crippen LogP contribution in [-0.4, -0.2) is 54.6 Å². The van der Waals surface area contributed by atoms with Crippen molar-refractivity contribution in [1.29, 1.82) is 0 Å². The number of nitrogens with two attached hydrogens (primary N) is 1. The minimum atomic E-state index is 0.369. The number of nitrogen functional groups attached to an aromatic ring is 1. The minimum absolute atomic E-state index is 0.369. The number of nitrogens with one attached hydrogen (secondary N) is 1. The third kappa shape index (κ3) is 3.68. The lowest BCUT2D eigenvalue weighted by Gasteiger charge is -2.37. The average molecular weight is 381 g/mol. The van der Waals surface area contributed by atoms with E-state index in [2.05, 4.69) is 31.0 Å². The Morgan fingerprint density at radius 2 is 2.26 bits per heavy atom. The second-order valence-corrected chi connectivity index (χ2v) is 6.19. The minimum Gasteiger partial charge on any atom is -0.492 e. The molecule has 0 aliphatic carbocycles. The summed E-state index contributed by atoms with van der Waals surface area (Å²) >= 11 is 3.48. The van der Waals surface area contributed by atoms with Crippen LogP contribution in [0.5, 0.6) is 5.75 Å². The van der Waals surface area contributed by atoms with Crippen LogP contribution in [0.2, 0.25) is 0 Å². The number of aromatic amines is 1. The molecule has 23 heavy (non-hydrogen) atoms. The quantitative estimate of drug-likeness (QED) is 0.569. The van der Waals surface area contributed by atoms with Gasteiger partial charge in [-0.15, -0.1) is 0 Å². The predicted molar refractivity (Wildman–Crippen MR) is 93.8 cm³/mol. The summed E-state index contributed by atoms with van der Waals surface area (Å²) in [5.41, 5.74) is 9.59. The third-order valence-corrected chi connectivity index (χ3v) is 4.66. The van der Waals surface area contributed by atoms with Crippen molar-refractivity contribution in [1.82, 2.24) is 15.1 Å². The van der Waals surface area contributed by atoms with E-state index < -0.39 is 0 Å². The van der Waals surface area contributed by atoms with Gasteiger partial charge in [0.05, 0.1) is 18.0 Å². The Hall–Kier alpha value is -1.57. The van der Waals surface area contributed by atoms with Crippen molar-refractivity contribution in [3.8, 4) is 17.0 Å². The molecule has 1 aliphatic rings. The molecule has 2 aromatic rings. The lowest BCUT2D eigenvalue weighted by Crippen LogP contribution is -2.52. The molecule has 3 N–H and O–H groups in total. The standard InChI is InChI=1S/C16H21BrN4O2/c1-22-13-9-21(10-13)4-5-23-15-3-2-12(18)6-14(15)16-11(7-17)8-19-20-16/h2-3,6,8,13H,4-5,7,9-10,18H2,1H3,(H,19,20). The maximum atomic E-state index is 5.99. The van der Waals surface area contributed by atoms with Gasteiger partial charge in [-0.25, -0.2) is 0 Å². The molecule has 1 aromatic carbocycles. The number of hydrogen-bond acceptors (Lipinski definition) is 5. The molecule has 1 aromatic heterocycles. The number of methoxy groups -OCH3 is 1. The van der Waals surface area contributed by atoms with E-state index in [4.69, 9.17) is 15.2 Å². The zero-order valence-corrected chi connectivity index (χ0v) is 14.7. The Labute approximate surface area is 144 Å². The first-order valence-corrected chi connectivity index (χ1v) is 8.69. The van der Waals surface area contributed by atoms with Crippen LogP contribution in [0.15, 0.2) is 24.4 Å². The van der Waals surface area contributed by atoms with Gasteiger partial charge < -0.3 is 15.2 Å². The van der Waals surface area contributed by atoms with Crippen LogP contribution < -0.4 is 10.5 Å². The summed E-state index contributed by atoms with van der Waals surface area (Å²) in [7, 11) is 1.75. The second-order valence-electron chi connectivity index (χ2n) is 5.63. The Morgan fingerprint density at radius 1 is 1.43 bits per heavy atom. The van der Waals surface area contributed by atoms with Crippen LogP contribution in [-0.2, 0) is 10.1 Å². The second kappa shape index (κ2) is 7.33. The van der Waals surface area contributed by atoms with Crippen LogP contribution in [0.3, 0.4) is 0 Å². The number of nitrogens with zero attached hydrogens (tertiary/aromatic N) is 2. The van der Waals surface area contributed by atoms with Crippen LogP contribution >= 0.6 is 15.9 Å². The number of aromatic nitrogens is 2. The molecule has 2 heterocycles. The van der Waals surface area contributed by atoms with Gasteiger partial charge in [0.15, 0.2) is 0 Å². The van der Waals surface area contributed by atoms with E-state index >= 15 is 0 Å². The molecule has 0 radical (unpaired) electrons. The van der Waals surface area contributed by atoms with Gasteiger partial charge in [0.2, 0.25) is 0 Å². The molecule has 124 valence electrons. The van der Waals surface area contributed by atoms with Crippen LogP contribution in [0, 0.1) is 0 Å². The summed E-state index contributed by atoms with van der Waals surface area (Å²) in [4.78, 5) is 2.31. The number of hydrogen-bond donors (Lipinski definition) is 2. The highest BCUT2D eigenvalue weighted by Crippen LogP contribution is 2.33. The van der Waals surface area contributed by atoms with Crippen molar-refractivity contribution in [2.24, 2.45) is 0 Å². The Kier molecular flexibility index (Phi) is 5.20. The molecule has 3 rings (SSSR count). The van der Waals surface area contributed by atoms with Gasteiger partial charge in [0.1, 0.15) is 12.4 Å². The zero-order chi connectivity index (χ0) is 16.2. The lowest BCUT2D eigenvalue weighted by atomic mass is 10.1. The van der Waals surface area contributed by atoms with E-state index in [9.17, 15) is 0 Å². The van der Waals surface area contributed by atoms with E-state index in [1.165, 1.54) is 0 Å². The van der Waals surface area contributed by atoms with Gasteiger partial charge in [-0.2, -0.15) is 5.10 Å². The van der Waals surface area contributed by atoms with Crippen molar-refractivity contribution >= 4 is 21.6 Å². The number of likely N-dealkylation sites (tertiary alicyclic amines) is 1. The molecular formula is C16H21BrN4O2. The van der Waals surface area contributed by atoms with Crippen LogP contribution in [0.25, 0.3) is 11.3 Å². The van der Waals surface area contributed by atoms with Gasteiger partial charge in [0, 0.05) is 48.9 Å². The number of alkyl halides is 1. The first-order valence-electron chi connectivity index (χ1n) is 7.57. The fraction of sp³-hybridized carbons (Fsp3) is 0.438. The highest BCUT2D eigenvalue weighted by molar-refractivity contribution is 9.08. The maximum absolute atomic E-state index is 5.99. The number of H-pyrrole nitrogens is 1. The summed E-state index contributed by atoms with van der Waals surface area (Å²) in [5.74, 6) is 0.814. The average Bonchev–Trinajstić information content (AvgIpc) is 2.99. The first-order chi connectivity index (χ1) is 11.2. The highest BCUT2D eigenvalue weighted by atomic mass is 79.9. The Balaban J connectivity index is 1.67. The SMILES string of the molecule is COC1CN(CCOc2ccc(N)cc2-c2[nH]ncc2CBr)C1. The normalized spacial score (nSPS) is 15.6. The summed E-state index contributed by atoms with van der Waals surface area (Å²) in [6.07, 6.45) is 2.18. The summed E-state index contributed by atoms with van der Waals surface area (Å²) < 4.78 is 11.3. The van der Waals surface area contributed by atoms with Crippen molar-refractivity contribution in [2.75, 3.05) is 39.1 Å². The molecule has 1 aliphatic heterocycles. The maximum Gasteiger partial charge on any atom is 0.128 e. The van der Waals surface area contributed by atoms with E-state index in [1.807, 2.05) is 24.4 Å². The van der Waals surface area contributed by atoms with Gasteiger partial charge in [0.25, 0.3) is 0 Å². The van der Waals surface area contributed by atoms with Crippen molar-refractivity contribution in [3.63, 3.8) is 0 Å². The Bertz CT molecular complexity index is 655. The number of rotatable bonds is 7. The molecule has 0 atom stereocenters. The fourth-order valence-electron chi connectivity index (χ4n) is 2.65. The number of anilines is 1. The molecule has 0 amide bonds. The molecule has 0 unspecified atom stereocenters. The van der Waals surface area contributed by atoms with Gasteiger partial charge in [-0.1, -0.05) is 15.9 Å². The van der Waals surface area contributed by atoms with E-state index in [1.54, 1.807) is 7.11 Å². The number of halogens is 1. The van der Waals surface area contributed by atoms with E-state index in [-0.39, 0.29) is 0 Å². The monoisotopic (exact) mass is 380 g/mol. The topological polar surface area (TPSA) is 76.4 Å². The Morgan fingerprint density at radius 3 is 3.00 bits per heavy atom. The van der Waals surface area contributed by atoms with Crippen molar-refractivity contribution in [2.45, 2.75) is 11.4 Å². The highest BCUT2D eigenvalue weighted by Gasteiger charge is 2.25. The molecule has 0 saturated carbocycles.